The third kappa shape index (κ3) is 4.97. The zero-order valence-electron chi connectivity index (χ0n) is 16.9. The highest BCUT2D eigenvalue weighted by molar-refractivity contribution is 5.93. The number of ether oxygens (including phenoxy) is 1. The standard InChI is InChI=1S/C20H33N5O2/c1-5-20(6-2)16(13-17(20)27-7-3)25-19(21-4)24-12-11-23-18(26)15-9-8-10-22-14-15/h8-10,14,16-17H,5-7,11-13H2,1-4H3,(H,23,26)(H2,21,24,25). The molecule has 1 aliphatic carbocycles. The Morgan fingerprint density at radius 3 is 2.63 bits per heavy atom. The zero-order chi connectivity index (χ0) is 19.7. The molecule has 1 aromatic rings. The van der Waals surface area contributed by atoms with Gasteiger partial charge in [-0.1, -0.05) is 13.8 Å². The number of hydrogen-bond acceptors (Lipinski definition) is 4. The lowest BCUT2D eigenvalue weighted by Gasteiger charge is -2.55. The van der Waals surface area contributed by atoms with E-state index < -0.39 is 0 Å². The molecule has 0 radical (unpaired) electrons. The van der Waals surface area contributed by atoms with Gasteiger partial charge in [0.2, 0.25) is 0 Å². The van der Waals surface area contributed by atoms with Crippen LogP contribution in [0.5, 0.6) is 0 Å². The molecule has 1 aromatic heterocycles. The predicted octanol–water partition coefficient (Wildman–Crippen LogP) is 1.96. The smallest absolute Gasteiger partial charge is 0.252 e. The average Bonchev–Trinajstić information content (AvgIpc) is 2.70. The maximum atomic E-state index is 12.0. The highest BCUT2D eigenvalue weighted by atomic mass is 16.5. The van der Waals surface area contributed by atoms with E-state index in [4.69, 9.17) is 4.74 Å². The van der Waals surface area contributed by atoms with E-state index in [2.05, 4.69) is 46.7 Å². The van der Waals surface area contributed by atoms with Crippen molar-refractivity contribution in [2.24, 2.45) is 10.4 Å². The molecular formula is C20H33N5O2. The molecule has 0 aromatic carbocycles. The van der Waals surface area contributed by atoms with Crippen LogP contribution in [0, 0.1) is 5.41 Å². The van der Waals surface area contributed by atoms with Crippen LogP contribution < -0.4 is 16.0 Å². The second kappa shape index (κ2) is 10.3. The molecule has 1 saturated carbocycles. The van der Waals surface area contributed by atoms with Gasteiger partial charge >= 0.3 is 0 Å². The number of carbonyl (C=O) groups is 1. The van der Waals surface area contributed by atoms with Gasteiger partial charge < -0.3 is 20.7 Å². The first-order chi connectivity index (χ1) is 13.1. The SMILES string of the molecule is CCOC1CC(NC(=NC)NCCNC(=O)c2cccnc2)C1(CC)CC. The Bertz CT molecular complexity index is 616. The van der Waals surface area contributed by atoms with Crippen LogP contribution in [0.15, 0.2) is 29.5 Å². The molecule has 150 valence electrons. The average molecular weight is 376 g/mol. The van der Waals surface area contributed by atoms with Crippen molar-refractivity contribution in [2.75, 3.05) is 26.7 Å². The van der Waals surface area contributed by atoms with Gasteiger partial charge in [-0.25, -0.2) is 0 Å². The molecule has 1 aliphatic rings. The summed E-state index contributed by atoms with van der Waals surface area (Å²) in [5.74, 6) is 0.638. The van der Waals surface area contributed by atoms with E-state index in [1.165, 1.54) is 0 Å². The molecule has 0 aliphatic heterocycles. The number of nitrogens with zero attached hydrogens (tertiary/aromatic N) is 2. The lowest BCUT2D eigenvalue weighted by molar-refractivity contribution is -0.133. The minimum Gasteiger partial charge on any atom is -0.378 e. The molecule has 2 rings (SSSR count). The molecule has 2 atom stereocenters. The van der Waals surface area contributed by atoms with Crippen LogP contribution in [0.2, 0.25) is 0 Å². The van der Waals surface area contributed by atoms with Crippen molar-refractivity contribution in [1.82, 2.24) is 20.9 Å². The lowest BCUT2D eigenvalue weighted by atomic mass is 9.58. The predicted molar refractivity (Wildman–Crippen MR) is 108 cm³/mol. The number of guanidine groups is 1. The zero-order valence-corrected chi connectivity index (χ0v) is 16.9. The number of nitrogens with one attached hydrogen (secondary N) is 3. The monoisotopic (exact) mass is 375 g/mol. The maximum absolute atomic E-state index is 12.0. The molecule has 1 heterocycles. The summed E-state index contributed by atoms with van der Waals surface area (Å²) in [5, 5.41) is 9.69. The summed E-state index contributed by atoms with van der Waals surface area (Å²) in [4.78, 5) is 20.3. The highest BCUT2D eigenvalue weighted by Crippen LogP contribution is 2.48. The van der Waals surface area contributed by atoms with Crippen molar-refractivity contribution in [3.63, 3.8) is 0 Å². The van der Waals surface area contributed by atoms with Gasteiger partial charge in [-0.2, -0.15) is 0 Å². The molecule has 0 bridgehead atoms. The fraction of sp³-hybridized carbons (Fsp3) is 0.650. The Balaban J connectivity index is 1.78. The van der Waals surface area contributed by atoms with Gasteiger partial charge in [-0.15, -0.1) is 0 Å². The maximum Gasteiger partial charge on any atom is 0.252 e. The van der Waals surface area contributed by atoms with Crippen LogP contribution in [0.25, 0.3) is 0 Å². The molecular weight excluding hydrogens is 342 g/mol. The van der Waals surface area contributed by atoms with Gasteiger partial charge in [0.05, 0.1) is 11.7 Å². The van der Waals surface area contributed by atoms with E-state index >= 15 is 0 Å². The fourth-order valence-electron chi connectivity index (χ4n) is 3.90. The van der Waals surface area contributed by atoms with Crippen LogP contribution in [0.4, 0.5) is 0 Å². The molecule has 3 N–H and O–H groups in total. The number of amides is 1. The highest BCUT2D eigenvalue weighted by Gasteiger charge is 2.53. The van der Waals surface area contributed by atoms with Gasteiger partial charge in [-0.3, -0.25) is 14.8 Å². The Labute approximate surface area is 162 Å². The van der Waals surface area contributed by atoms with Crippen molar-refractivity contribution < 1.29 is 9.53 Å². The largest absolute Gasteiger partial charge is 0.378 e. The Kier molecular flexibility index (Phi) is 8.03. The molecule has 1 amide bonds. The van der Waals surface area contributed by atoms with E-state index in [9.17, 15) is 4.79 Å². The normalized spacial score (nSPS) is 21.3. The quantitative estimate of drug-likeness (QED) is 0.349. The number of carbonyl (C=O) groups excluding carboxylic acids is 1. The second-order valence-electron chi connectivity index (χ2n) is 6.81. The first kappa shape index (κ1) is 21.2. The van der Waals surface area contributed by atoms with E-state index in [1.807, 2.05) is 0 Å². The van der Waals surface area contributed by atoms with Gasteiger partial charge in [0.1, 0.15) is 0 Å². The van der Waals surface area contributed by atoms with Gasteiger partial charge in [0.25, 0.3) is 5.91 Å². The van der Waals surface area contributed by atoms with E-state index in [-0.39, 0.29) is 11.3 Å². The minimum atomic E-state index is -0.123. The number of pyridine rings is 1. The van der Waals surface area contributed by atoms with Crippen molar-refractivity contribution >= 4 is 11.9 Å². The third-order valence-electron chi connectivity index (χ3n) is 5.63. The summed E-state index contributed by atoms with van der Waals surface area (Å²) in [6, 6.07) is 3.84. The Morgan fingerprint density at radius 2 is 2.04 bits per heavy atom. The van der Waals surface area contributed by atoms with Crippen LogP contribution in [-0.2, 0) is 4.74 Å². The number of hydrogen-bond donors (Lipinski definition) is 3. The minimum absolute atomic E-state index is 0.123. The summed E-state index contributed by atoms with van der Waals surface area (Å²) >= 11 is 0. The Hall–Kier alpha value is -2.15. The number of aromatic nitrogens is 1. The van der Waals surface area contributed by atoms with Crippen LogP contribution >= 0.6 is 0 Å². The molecule has 7 heteroatoms. The number of aliphatic imine (C=N–C) groups is 1. The third-order valence-corrected chi connectivity index (χ3v) is 5.63. The molecule has 7 nitrogen and oxygen atoms in total. The molecule has 2 unspecified atom stereocenters. The van der Waals surface area contributed by atoms with Gasteiger partial charge in [-0.05, 0) is 38.3 Å². The second-order valence-corrected chi connectivity index (χ2v) is 6.81. The van der Waals surface area contributed by atoms with Crippen LogP contribution in [0.1, 0.15) is 50.4 Å². The summed E-state index contributed by atoms with van der Waals surface area (Å²) in [7, 11) is 1.77. The summed E-state index contributed by atoms with van der Waals surface area (Å²) in [5.41, 5.74) is 0.717. The molecule has 27 heavy (non-hydrogen) atoms. The van der Waals surface area contributed by atoms with Crippen molar-refractivity contribution in [1.29, 1.82) is 0 Å². The van der Waals surface area contributed by atoms with Crippen molar-refractivity contribution in [2.45, 2.75) is 52.2 Å². The van der Waals surface area contributed by atoms with Crippen LogP contribution in [0.3, 0.4) is 0 Å². The molecule has 0 spiro atoms. The number of rotatable bonds is 9. The lowest BCUT2D eigenvalue weighted by Crippen LogP contribution is -2.65. The van der Waals surface area contributed by atoms with Crippen LogP contribution in [-0.4, -0.2) is 55.7 Å². The Morgan fingerprint density at radius 1 is 1.30 bits per heavy atom. The summed E-state index contributed by atoms with van der Waals surface area (Å²) < 4.78 is 5.94. The van der Waals surface area contributed by atoms with E-state index in [1.54, 1.807) is 31.6 Å². The molecule has 1 fully saturated rings. The summed E-state index contributed by atoms with van der Waals surface area (Å²) in [6.07, 6.45) is 6.66. The van der Waals surface area contributed by atoms with E-state index in [0.717, 1.165) is 31.8 Å². The van der Waals surface area contributed by atoms with Crippen molar-refractivity contribution in [3.8, 4) is 0 Å². The van der Waals surface area contributed by atoms with Crippen molar-refractivity contribution in [3.05, 3.63) is 30.1 Å². The van der Waals surface area contributed by atoms with Gasteiger partial charge in [0, 0.05) is 50.6 Å². The summed E-state index contributed by atoms with van der Waals surface area (Å²) in [6.45, 7) is 8.37. The van der Waals surface area contributed by atoms with E-state index in [0.29, 0.717) is 30.8 Å². The topological polar surface area (TPSA) is 87.6 Å². The first-order valence-corrected chi connectivity index (χ1v) is 9.88. The first-order valence-electron chi connectivity index (χ1n) is 9.88. The van der Waals surface area contributed by atoms with Gasteiger partial charge in [0.15, 0.2) is 5.96 Å². The molecule has 0 saturated heterocycles. The fourth-order valence-corrected chi connectivity index (χ4v) is 3.90.